The number of rotatable bonds is 7. The van der Waals surface area contributed by atoms with Gasteiger partial charge < -0.3 is 19.3 Å². The lowest BCUT2D eigenvalue weighted by atomic mass is 10.1. The number of hydrogen-bond acceptors (Lipinski definition) is 6. The molecule has 0 aromatic heterocycles. The van der Waals surface area contributed by atoms with Gasteiger partial charge in [0, 0.05) is 12.7 Å². The van der Waals surface area contributed by atoms with Gasteiger partial charge >= 0.3 is 5.97 Å². The van der Waals surface area contributed by atoms with Gasteiger partial charge in [0.25, 0.3) is 0 Å². The van der Waals surface area contributed by atoms with Crippen molar-refractivity contribution in [2.24, 2.45) is 0 Å². The summed E-state index contributed by atoms with van der Waals surface area (Å²) in [5.74, 6) is -0.691. The normalized spacial score (nSPS) is 21.8. The predicted octanol–water partition coefficient (Wildman–Crippen LogP) is 0.232. The van der Waals surface area contributed by atoms with Crippen molar-refractivity contribution in [3.8, 4) is 5.75 Å². The number of methoxy groups -OCH3 is 1. The van der Waals surface area contributed by atoms with Crippen molar-refractivity contribution in [3.05, 3.63) is 24.3 Å². The first-order valence-corrected chi connectivity index (χ1v) is 8.48. The number of carboxylic acid groups (broad SMARTS) is 1. The van der Waals surface area contributed by atoms with Crippen LogP contribution in [0.3, 0.4) is 0 Å². The second kappa shape index (κ2) is 7.73. The molecule has 1 aromatic carbocycles. The molecule has 1 aliphatic heterocycles. The van der Waals surface area contributed by atoms with Crippen molar-refractivity contribution in [2.45, 2.75) is 23.5 Å². The Morgan fingerprint density at radius 1 is 1.48 bits per heavy atom. The van der Waals surface area contributed by atoms with E-state index < -0.39 is 34.7 Å². The minimum absolute atomic E-state index is 0.0697. The van der Waals surface area contributed by atoms with Crippen LogP contribution in [-0.2, 0) is 24.3 Å². The summed E-state index contributed by atoms with van der Waals surface area (Å²) in [6.45, 7) is 0.00220. The highest BCUT2D eigenvalue weighted by atomic mass is 32.2. The third-order valence-corrected chi connectivity index (χ3v) is 4.87. The molecule has 1 aliphatic rings. The van der Waals surface area contributed by atoms with Crippen molar-refractivity contribution in [1.29, 1.82) is 0 Å². The first-order chi connectivity index (χ1) is 10.9. The van der Waals surface area contributed by atoms with Crippen LogP contribution >= 0.6 is 0 Å². The minimum Gasteiger partial charge on any atom is -0.497 e. The highest BCUT2D eigenvalue weighted by Gasteiger charge is 2.31. The quantitative estimate of drug-likeness (QED) is 0.728. The maximum absolute atomic E-state index is 12.5. The van der Waals surface area contributed by atoms with E-state index in [0.717, 1.165) is 0 Å². The van der Waals surface area contributed by atoms with Crippen LogP contribution in [0, 0.1) is 0 Å². The van der Waals surface area contributed by atoms with Crippen LogP contribution in [0.25, 0.3) is 0 Å². The topological polar surface area (TPSA) is 111 Å². The Labute approximate surface area is 134 Å². The van der Waals surface area contributed by atoms with Gasteiger partial charge in [0.05, 0.1) is 30.8 Å². The van der Waals surface area contributed by atoms with Crippen LogP contribution in [0.5, 0.6) is 5.75 Å². The van der Waals surface area contributed by atoms with E-state index in [-0.39, 0.29) is 11.5 Å². The maximum atomic E-state index is 12.5. The number of nitrogens with one attached hydrogen (secondary N) is 1. The molecule has 128 valence electrons. The standard InChI is InChI=1S/C14H19NO7S/c1-20-10-3-2-4-11(7-10)23(18,19)15-12-5-6-21-8-13(12)22-9-14(16)17/h2-4,7,12-13,15H,5-6,8-9H2,1H3,(H,16,17)/t12-,13-/m1/s1. The Morgan fingerprint density at radius 2 is 2.26 bits per heavy atom. The van der Waals surface area contributed by atoms with Gasteiger partial charge in [-0.2, -0.15) is 0 Å². The average Bonchev–Trinajstić information content (AvgIpc) is 2.53. The summed E-state index contributed by atoms with van der Waals surface area (Å²) >= 11 is 0. The second-order valence-electron chi connectivity index (χ2n) is 5.01. The zero-order valence-corrected chi connectivity index (χ0v) is 13.4. The van der Waals surface area contributed by atoms with Gasteiger partial charge in [-0.3, -0.25) is 0 Å². The summed E-state index contributed by atoms with van der Waals surface area (Å²) < 4.78 is 43.0. The van der Waals surface area contributed by atoms with Crippen LogP contribution < -0.4 is 9.46 Å². The third kappa shape index (κ3) is 4.90. The molecular formula is C14H19NO7S. The molecule has 0 unspecified atom stereocenters. The zero-order chi connectivity index (χ0) is 16.9. The van der Waals surface area contributed by atoms with Gasteiger partial charge in [-0.25, -0.2) is 17.9 Å². The first-order valence-electron chi connectivity index (χ1n) is 7.00. The molecule has 8 nitrogen and oxygen atoms in total. The summed E-state index contributed by atoms with van der Waals surface area (Å²) in [6, 6.07) is 5.54. The van der Waals surface area contributed by atoms with Crippen LogP contribution in [0.4, 0.5) is 0 Å². The van der Waals surface area contributed by atoms with E-state index in [4.69, 9.17) is 19.3 Å². The number of carbonyl (C=O) groups is 1. The van der Waals surface area contributed by atoms with E-state index in [1.54, 1.807) is 12.1 Å². The summed E-state index contributed by atoms with van der Waals surface area (Å²) in [6.07, 6.45) is -0.256. The van der Waals surface area contributed by atoms with Gasteiger partial charge in [-0.1, -0.05) is 6.07 Å². The number of carboxylic acids is 1. The van der Waals surface area contributed by atoms with Crippen molar-refractivity contribution >= 4 is 16.0 Å². The number of sulfonamides is 1. The molecular weight excluding hydrogens is 326 g/mol. The third-order valence-electron chi connectivity index (χ3n) is 3.38. The van der Waals surface area contributed by atoms with Crippen molar-refractivity contribution in [2.75, 3.05) is 26.9 Å². The van der Waals surface area contributed by atoms with Crippen molar-refractivity contribution < 1.29 is 32.5 Å². The Bertz CT molecular complexity index is 646. The van der Waals surface area contributed by atoms with Gasteiger partial charge in [0.15, 0.2) is 0 Å². The summed E-state index contributed by atoms with van der Waals surface area (Å²) in [5.41, 5.74) is 0. The second-order valence-corrected chi connectivity index (χ2v) is 6.73. The molecule has 9 heteroatoms. The number of aliphatic carboxylic acids is 1. The highest BCUT2D eigenvalue weighted by molar-refractivity contribution is 7.89. The van der Waals surface area contributed by atoms with E-state index >= 15 is 0 Å². The van der Waals surface area contributed by atoms with Crippen LogP contribution in [0.15, 0.2) is 29.2 Å². The molecule has 2 atom stereocenters. The molecule has 1 saturated heterocycles. The molecule has 1 aromatic rings. The Hall–Kier alpha value is -1.68. The van der Waals surface area contributed by atoms with Gasteiger partial charge in [0.1, 0.15) is 12.4 Å². The average molecular weight is 345 g/mol. The molecule has 0 amide bonds. The maximum Gasteiger partial charge on any atom is 0.329 e. The molecule has 0 radical (unpaired) electrons. The lowest BCUT2D eigenvalue weighted by Gasteiger charge is -2.31. The number of hydrogen-bond donors (Lipinski definition) is 2. The molecule has 23 heavy (non-hydrogen) atoms. The fourth-order valence-corrected chi connectivity index (χ4v) is 3.56. The number of ether oxygens (including phenoxy) is 3. The summed E-state index contributed by atoms with van der Waals surface area (Å²) in [4.78, 5) is 10.7. The van der Waals surface area contributed by atoms with Crippen LogP contribution in [0.1, 0.15) is 6.42 Å². The van der Waals surface area contributed by atoms with E-state index in [0.29, 0.717) is 18.8 Å². The molecule has 2 N–H and O–H groups in total. The highest BCUT2D eigenvalue weighted by Crippen LogP contribution is 2.19. The minimum atomic E-state index is -3.78. The van der Waals surface area contributed by atoms with Gasteiger partial charge in [-0.05, 0) is 18.6 Å². The van der Waals surface area contributed by atoms with Crippen molar-refractivity contribution in [3.63, 3.8) is 0 Å². The Kier molecular flexibility index (Phi) is 5.94. The predicted molar refractivity (Wildman–Crippen MR) is 79.9 cm³/mol. The molecule has 2 rings (SSSR count). The lowest BCUT2D eigenvalue weighted by Crippen LogP contribution is -2.50. The monoisotopic (exact) mass is 345 g/mol. The van der Waals surface area contributed by atoms with E-state index in [2.05, 4.69) is 4.72 Å². The zero-order valence-electron chi connectivity index (χ0n) is 12.6. The molecule has 0 saturated carbocycles. The van der Waals surface area contributed by atoms with Crippen LogP contribution in [-0.4, -0.2) is 58.6 Å². The summed E-state index contributed by atoms with van der Waals surface area (Å²) in [7, 11) is -2.33. The largest absolute Gasteiger partial charge is 0.497 e. The fourth-order valence-electron chi connectivity index (χ4n) is 2.22. The van der Waals surface area contributed by atoms with E-state index in [1.807, 2.05) is 0 Å². The fraction of sp³-hybridized carbons (Fsp3) is 0.500. The number of benzene rings is 1. The van der Waals surface area contributed by atoms with Gasteiger partial charge in [0.2, 0.25) is 10.0 Å². The molecule has 0 bridgehead atoms. The van der Waals surface area contributed by atoms with E-state index in [1.165, 1.54) is 19.2 Å². The first kappa shape index (κ1) is 17.7. The Balaban J connectivity index is 2.11. The lowest BCUT2D eigenvalue weighted by molar-refractivity contribution is -0.148. The van der Waals surface area contributed by atoms with Crippen molar-refractivity contribution in [1.82, 2.24) is 4.72 Å². The molecule has 0 aliphatic carbocycles. The SMILES string of the molecule is COc1cccc(S(=O)(=O)N[C@@H]2CCOC[C@H]2OCC(=O)O)c1. The smallest absolute Gasteiger partial charge is 0.329 e. The van der Waals surface area contributed by atoms with E-state index in [9.17, 15) is 13.2 Å². The van der Waals surface area contributed by atoms with Gasteiger partial charge in [-0.15, -0.1) is 0 Å². The molecule has 1 heterocycles. The Morgan fingerprint density at radius 3 is 2.96 bits per heavy atom. The van der Waals surface area contributed by atoms with Crippen LogP contribution in [0.2, 0.25) is 0 Å². The molecule has 1 fully saturated rings. The molecule has 0 spiro atoms. The summed E-state index contributed by atoms with van der Waals surface area (Å²) in [5, 5.41) is 8.68.